The smallest absolute Gasteiger partial charge is 0.118 e. The number of methoxy groups -OCH3 is 2. The fourth-order valence-electron chi connectivity index (χ4n) is 2.14. The van der Waals surface area contributed by atoms with Crippen LogP contribution in [0.2, 0.25) is 0 Å². The number of hydrogen-bond acceptors (Lipinski definition) is 4. The minimum absolute atomic E-state index is 0.515. The number of aromatic nitrogens is 2. The van der Waals surface area contributed by atoms with Gasteiger partial charge in [-0.2, -0.15) is 5.10 Å². The van der Waals surface area contributed by atoms with E-state index < -0.39 is 6.10 Å². The molecule has 5 nitrogen and oxygen atoms in total. The Bertz CT molecular complexity index is 569. The van der Waals surface area contributed by atoms with Crippen LogP contribution < -0.4 is 4.74 Å². The molecule has 1 aromatic carbocycles. The largest absolute Gasteiger partial charge is 0.497 e. The fraction of sp³-hybridized carbons (Fsp3) is 0.400. The Labute approximate surface area is 132 Å². The summed E-state index contributed by atoms with van der Waals surface area (Å²) in [7, 11) is 3.28. The van der Waals surface area contributed by atoms with E-state index in [-0.39, 0.29) is 0 Å². The zero-order valence-corrected chi connectivity index (χ0v) is 13.7. The van der Waals surface area contributed by atoms with Crippen molar-refractivity contribution in [2.24, 2.45) is 0 Å². The summed E-state index contributed by atoms with van der Waals surface area (Å²) in [5.74, 6) is 0.805. The zero-order chi connectivity index (χ0) is 15.2. The van der Waals surface area contributed by atoms with Crippen LogP contribution in [0.15, 0.2) is 34.9 Å². The molecule has 0 aliphatic carbocycles. The van der Waals surface area contributed by atoms with E-state index in [1.54, 1.807) is 25.1 Å². The van der Waals surface area contributed by atoms with Crippen LogP contribution in [0, 0.1) is 0 Å². The maximum absolute atomic E-state index is 10.5. The molecular formula is C15H19BrN2O3. The first-order valence-corrected chi connectivity index (χ1v) is 7.46. The molecule has 0 aliphatic rings. The Hall–Kier alpha value is -1.37. The van der Waals surface area contributed by atoms with Gasteiger partial charge in [0.15, 0.2) is 0 Å². The highest BCUT2D eigenvalue weighted by molar-refractivity contribution is 9.10. The summed E-state index contributed by atoms with van der Waals surface area (Å²) in [5, 5.41) is 14.7. The van der Waals surface area contributed by atoms with Gasteiger partial charge in [-0.25, -0.2) is 0 Å². The van der Waals surface area contributed by atoms with Crippen molar-refractivity contribution in [2.75, 3.05) is 20.8 Å². The second-order valence-electron chi connectivity index (χ2n) is 4.66. The van der Waals surface area contributed by atoms with Gasteiger partial charge in [-0.05, 0) is 33.6 Å². The quantitative estimate of drug-likeness (QED) is 0.830. The number of hydrogen-bond donors (Lipinski definition) is 1. The lowest BCUT2D eigenvalue weighted by atomic mass is 10.1. The standard InChI is InChI=1S/C15H19BrN2O3/c1-20-8-7-18-15(13(16)10-17-18)14(19)9-11-3-5-12(21-2)6-4-11/h3-6,10,14,19H,7-9H2,1-2H3. The number of benzene rings is 1. The maximum Gasteiger partial charge on any atom is 0.118 e. The summed E-state index contributed by atoms with van der Waals surface area (Å²) < 4.78 is 12.8. The molecule has 1 N–H and O–H groups in total. The van der Waals surface area contributed by atoms with Crippen LogP contribution in [0.3, 0.4) is 0 Å². The third-order valence-electron chi connectivity index (χ3n) is 3.24. The van der Waals surface area contributed by atoms with Crippen LogP contribution in [0.25, 0.3) is 0 Å². The van der Waals surface area contributed by atoms with E-state index in [9.17, 15) is 5.11 Å². The van der Waals surface area contributed by atoms with Crippen LogP contribution in [0.1, 0.15) is 17.4 Å². The molecule has 2 rings (SSSR count). The number of aliphatic hydroxyl groups is 1. The van der Waals surface area contributed by atoms with Gasteiger partial charge in [0.05, 0.1) is 36.6 Å². The molecule has 0 spiro atoms. The zero-order valence-electron chi connectivity index (χ0n) is 12.1. The van der Waals surface area contributed by atoms with Crippen molar-refractivity contribution in [2.45, 2.75) is 19.1 Å². The first-order chi connectivity index (χ1) is 10.2. The minimum atomic E-state index is -0.632. The molecule has 6 heteroatoms. The predicted octanol–water partition coefficient (Wildman–Crippen LogP) is 2.58. The van der Waals surface area contributed by atoms with Crippen LogP contribution in [-0.4, -0.2) is 35.7 Å². The van der Waals surface area contributed by atoms with E-state index in [1.807, 2.05) is 24.3 Å². The van der Waals surface area contributed by atoms with Crippen LogP contribution in [0.4, 0.5) is 0 Å². The highest BCUT2D eigenvalue weighted by atomic mass is 79.9. The first kappa shape index (κ1) is 16.0. The molecule has 1 aromatic heterocycles. The van der Waals surface area contributed by atoms with E-state index in [0.29, 0.717) is 19.6 Å². The molecule has 114 valence electrons. The van der Waals surface area contributed by atoms with Gasteiger partial charge < -0.3 is 14.6 Å². The summed E-state index contributed by atoms with van der Waals surface area (Å²) in [6.07, 6.45) is 1.58. The van der Waals surface area contributed by atoms with Gasteiger partial charge >= 0.3 is 0 Å². The number of rotatable bonds is 7. The molecule has 0 radical (unpaired) electrons. The van der Waals surface area contributed by atoms with Crippen LogP contribution in [0.5, 0.6) is 5.75 Å². The van der Waals surface area contributed by atoms with Gasteiger partial charge in [0.2, 0.25) is 0 Å². The predicted molar refractivity (Wildman–Crippen MR) is 83.5 cm³/mol. The molecule has 0 aliphatic heterocycles. The molecule has 0 fully saturated rings. The van der Waals surface area contributed by atoms with E-state index in [0.717, 1.165) is 21.5 Å². The maximum atomic E-state index is 10.5. The highest BCUT2D eigenvalue weighted by Gasteiger charge is 2.18. The average Bonchev–Trinajstić information content (AvgIpc) is 2.87. The number of ether oxygens (including phenoxy) is 2. The third kappa shape index (κ3) is 4.06. The van der Waals surface area contributed by atoms with Gasteiger partial charge in [0.1, 0.15) is 11.9 Å². The molecule has 1 heterocycles. The van der Waals surface area contributed by atoms with Gasteiger partial charge in [-0.3, -0.25) is 4.68 Å². The number of aliphatic hydroxyl groups excluding tert-OH is 1. The normalized spacial score (nSPS) is 12.4. The molecule has 1 atom stereocenters. The van der Waals surface area contributed by atoms with Crippen molar-refractivity contribution in [1.29, 1.82) is 0 Å². The van der Waals surface area contributed by atoms with Gasteiger partial charge in [0, 0.05) is 13.5 Å². The molecule has 0 bridgehead atoms. The van der Waals surface area contributed by atoms with Crippen LogP contribution >= 0.6 is 15.9 Å². The Kier molecular flexibility index (Phi) is 5.78. The second-order valence-corrected chi connectivity index (χ2v) is 5.52. The molecule has 0 amide bonds. The summed E-state index contributed by atoms with van der Waals surface area (Å²) in [4.78, 5) is 0. The molecular weight excluding hydrogens is 336 g/mol. The topological polar surface area (TPSA) is 56.5 Å². The Morgan fingerprint density at radius 2 is 2.00 bits per heavy atom. The molecule has 1 unspecified atom stereocenters. The van der Waals surface area contributed by atoms with Crippen molar-refractivity contribution in [3.8, 4) is 5.75 Å². The molecule has 0 saturated heterocycles. The van der Waals surface area contributed by atoms with Crippen molar-refractivity contribution < 1.29 is 14.6 Å². The highest BCUT2D eigenvalue weighted by Crippen LogP contribution is 2.26. The number of nitrogens with zero attached hydrogens (tertiary/aromatic N) is 2. The lowest BCUT2D eigenvalue weighted by molar-refractivity contribution is 0.152. The molecule has 2 aromatic rings. The van der Waals surface area contributed by atoms with Crippen molar-refractivity contribution >= 4 is 15.9 Å². The van der Waals surface area contributed by atoms with Gasteiger partial charge in [-0.1, -0.05) is 12.1 Å². The fourth-order valence-corrected chi connectivity index (χ4v) is 2.70. The lowest BCUT2D eigenvalue weighted by Crippen LogP contribution is -2.14. The van der Waals surface area contributed by atoms with Crippen molar-refractivity contribution in [3.63, 3.8) is 0 Å². The Morgan fingerprint density at radius 1 is 1.29 bits per heavy atom. The monoisotopic (exact) mass is 354 g/mol. The van der Waals surface area contributed by atoms with E-state index >= 15 is 0 Å². The van der Waals surface area contributed by atoms with E-state index in [1.165, 1.54) is 0 Å². The third-order valence-corrected chi connectivity index (χ3v) is 3.86. The van der Waals surface area contributed by atoms with Crippen molar-refractivity contribution in [1.82, 2.24) is 9.78 Å². The second kappa shape index (κ2) is 7.59. The van der Waals surface area contributed by atoms with Gasteiger partial charge in [-0.15, -0.1) is 0 Å². The minimum Gasteiger partial charge on any atom is -0.497 e. The average molecular weight is 355 g/mol. The van der Waals surface area contributed by atoms with Gasteiger partial charge in [0.25, 0.3) is 0 Å². The Balaban J connectivity index is 2.11. The Morgan fingerprint density at radius 3 is 2.62 bits per heavy atom. The molecule has 0 saturated carbocycles. The SMILES string of the molecule is COCCn1ncc(Br)c1C(O)Cc1ccc(OC)cc1. The van der Waals surface area contributed by atoms with Crippen LogP contribution in [-0.2, 0) is 17.7 Å². The lowest BCUT2D eigenvalue weighted by Gasteiger charge is -2.14. The first-order valence-electron chi connectivity index (χ1n) is 6.67. The summed E-state index contributed by atoms with van der Waals surface area (Å²) >= 11 is 3.44. The summed E-state index contributed by atoms with van der Waals surface area (Å²) in [5.41, 5.74) is 1.80. The molecule has 21 heavy (non-hydrogen) atoms. The summed E-state index contributed by atoms with van der Waals surface area (Å²) in [6.45, 7) is 1.16. The van der Waals surface area contributed by atoms with Crippen molar-refractivity contribution in [3.05, 3.63) is 46.2 Å². The van der Waals surface area contributed by atoms with E-state index in [2.05, 4.69) is 21.0 Å². The number of halogens is 1. The van der Waals surface area contributed by atoms with E-state index in [4.69, 9.17) is 9.47 Å². The summed E-state index contributed by atoms with van der Waals surface area (Å²) in [6, 6.07) is 7.68.